The van der Waals surface area contributed by atoms with Gasteiger partial charge in [0.15, 0.2) is 0 Å². The minimum Gasteiger partial charge on any atom is -0.393 e. The van der Waals surface area contributed by atoms with E-state index in [1.807, 2.05) is 13.8 Å². The number of aliphatic hydroxyl groups is 2. The van der Waals surface area contributed by atoms with Gasteiger partial charge in [0.2, 0.25) is 0 Å². The van der Waals surface area contributed by atoms with Gasteiger partial charge in [0.1, 0.15) is 0 Å². The number of hydrogen-bond donors (Lipinski definition) is 2. The van der Waals surface area contributed by atoms with Crippen molar-refractivity contribution in [1.29, 1.82) is 0 Å². The van der Waals surface area contributed by atoms with Crippen LogP contribution in [0.3, 0.4) is 0 Å². The van der Waals surface area contributed by atoms with Crippen LogP contribution < -0.4 is 0 Å². The molecule has 0 amide bonds. The number of rotatable bonds is 1. The zero-order chi connectivity index (χ0) is 16.4. The molecule has 0 aromatic rings. The van der Waals surface area contributed by atoms with E-state index in [4.69, 9.17) is 0 Å². The van der Waals surface area contributed by atoms with Crippen LogP contribution >= 0.6 is 0 Å². The average Bonchev–Trinajstić information content (AvgIpc) is 2.83. The highest BCUT2D eigenvalue weighted by Gasteiger charge is 2.56. The number of hydrogen-bond acceptors (Lipinski definition) is 2. The molecule has 0 spiro atoms. The Labute approximate surface area is 141 Å². The quantitative estimate of drug-likeness (QED) is 0.707. The molecule has 3 fully saturated rings. The molecule has 0 radical (unpaired) electrons. The van der Waals surface area contributed by atoms with Gasteiger partial charge in [-0.3, -0.25) is 0 Å². The minimum atomic E-state index is -0.469. The van der Waals surface area contributed by atoms with Gasteiger partial charge >= 0.3 is 0 Å². The Morgan fingerprint density at radius 1 is 1.09 bits per heavy atom. The fraction of sp³-hybridized carbons (Fsp3) is 0.905. The lowest BCUT2D eigenvalue weighted by Crippen LogP contribution is -2.48. The Hall–Kier alpha value is -0.340. The van der Waals surface area contributed by atoms with Crippen molar-refractivity contribution in [3.05, 3.63) is 11.6 Å². The normalized spacial score (nSPS) is 53.8. The molecule has 0 bridgehead atoms. The van der Waals surface area contributed by atoms with Crippen LogP contribution in [0.15, 0.2) is 11.6 Å². The second kappa shape index (κ2) is 5.33. The first kappa shape index (κ1) is 16.1. The van der Waals surface area contributed by atoms with E-state index < -0.39 is 5.60 Å². The van der Waals surface area contributed by atoms with Gasteiger partial charge in [-0.1, -0.05) is 18.6 Å². The highest BCUT2D eigenvalue weighted by atomic mass is 16.3. The molecular formula is C21H34O2. The van der Waals surface area contributed by atoms with E-state index in [0.29, 0.717) is 11.3 Å². The summed E-state index contributed by atoms with van der Waals surface area (Å²) in [5.74, 6) is 3.72. The van der Waals surface area contributed by atoms with E-state index in [1.165, 1.54) is 38.5 Å². The molecule has 3 saturated carbocycles. The summed E-state index contributed by atoms with van der Waals surface area (Å²) in [4.78, 5) is 0. The van der Waals surface area contributed by atoms with E-state index >= 15 is 0 Å². The van der Waals surface area contributed by atoms with Crippen molar-refractivity contribution in [1.82, 2.24) is 0 Å². The number of aliphatic hydroxyl groups excluding tert-OH is 1. The van der Waals surface area contributed by atoms with Crippen LogP contribution in [-0.4, -0.2) is 21.9 Å². The summed E-state index contributed by atoms with van der Waals surface area (Å²) in [7, 11) is 0. The fourth-order valence-corrected chi connectivity index (χ4v) is 7.30. The van der Waals surface area contributed by atoms with Crippen LogP contribution in [0.1, 0.15) is 72.1 Å². The highest BCUT2D eigenvalue weighted by Crippen LogP contribution is 2.64. The molecule has 130 valence electrons. The van der Waals surface area contributed by atoms with Crippen molar-refractivity contribution < 1.29 is 10.2 Å². The van der Waals surface area contributed by atoms with Gasteiger partial charge in [-0.15, -0.1) is 0 Å². The first-order valence-electron chi connectivity index (χ1n) is 9.91. The molecular weight excluding hydrogens is 284 g/mol. The van der Waals surface area contributed by atoms with E-state index in [-0.39, 0.29) is 6.10 Å². The molecule has 8 atom stereocenters. The molecule has 0 heterocycles. The Morgan fingerprint density at radius 2 is 1.87 bits per heavy atom. The monoisotopic (exact) mass is 318 g/mol. The second-order valence-corrected chi connectivity index (χ2v) is 9.74. The van der Waals surface area contributed by atoms with Crippen molar-refractivity contribution in [2.45, 2.75) is 83.8 Å². The van der Waals surface area contributed by atoms with Gasteiger partial charge in [0.25, 0.3) is 0 Å². The van der Waals surface area contributed by atoms with Gasteiger partial charge in [-0.05, 0) is 100 Å². The van der Waals surface area contributed by atoms with Crippen molar-refractivity contribution in [3.8, 4) is 0 Å². The molecule has 2 N–H and O–H groups in total. The van der Waals surface area contributed by atoms with Gasteiger partial charge in [-0.2, -0.15) is 0 Å². The Balaban J connectivity index is 1.59. The van der Waals surface area contributed by atoms with E-state index in [0.717, 1.165) is 36.5 Å². The molecule has 4 rings (SSSR count). The Kier molecular flexibility index (Phi) is 3.74. The maximum absolute atomic E-state index is 10.4. The van der Waals surface area contributed by atoms with Crippen molar-refractivity contribution in [3.63, 3.8) is 0 Å². The standard InChI is InChI=1S/C21H34O2/c1-13(22)18-6-7-19-17-5-4-14-12-20(2,23)10-8-15(14)16(17)9-11-21(18,19)3/h4,13,15-19,22-23H,5-12H2,1-3H3/t13?,15-,16+,17+,18+,19-,20-,21+/m0/s1. The predicted octanol–water partition coefficient (Wildman–Crippen LogP) is 4.31. The van der Waals surface area contributed by atoms with Gasteiger partial charge in [0, 0.05) is 0 Å². The second-order valence-electron chi connectivity index (χ2n) is 9.74. The molecule has 4 aliphatic carbocycles. The van der Waals surface area contributed by atoms with Gasteiger partial charge < -0.3 is 10.2 Å². The van der Waals surface area contributed by atoms with E-state index in [2.05, 4.69) is 13.0 Å². The molecule has 0 aliphatic heterocycles. The summed E-state index contributed by atoms with van der Waals surface area (Å²) in [6.07, 6.45) is 11.8. The third-order valence-corrected chi connectivity index (χ3v) is 8.37. The van der Waals surface area contributed by atoms with Crippen LogP contribution in [0, 0.1) is 35.0 Å². The zero-order valence-corrected chi connectivity index (χ0v) is 15.1. The van der Waals surface area contributed by atoms with Crippen LogP contribution in [0.4, 0.5) is 0 Å². The molecule has 2 heteroatoms. The summed E-state index contributed by atoms with van der Waals surface area (Å²) >= 11 is 0. The summed E-state index contributed by atoms with van der Waals surface area (Å²) in [5, 5.41) is 20.7. The predicted molar refractivity (Wildman–Crippen MR) is 92.9 cm³/mol. The van der Waals surface area contributed by atoms with Crippen molar-refractivity contribution in [2.24, 2.45) is 35.0 Å². The first-order valence-corrected chi connectivity index (χ1v) is 9.91. The van der Waals surface area contributed by atoms with E-state index in [1.54, 1.807) is 5.57 Å². The van der Waals surface area contributed by atoms with Crippen molar-refractivity contribution in [2.75, 3.05) is 0 Å². The maximum Gasteiger partial charge on any atom is 0.0657 e. The third kappa shape index (κ3) is 2.43. The van der Waals surface area contributed by atoms with Gasteiger partial charge in [0.05, 0.1) is 11.7 Å². The summed E-state index contributed by atoms with van der Waals surface area (Å²) < 4.78 is 0. The lowest BCUT2D eigenvalue weighted by atomic mass is 9.51. The average molecular weight is 319 g/mol. The van der Waals surface area contributed by atoms with Crippen LogP contribution in [0.2, 0.25) is 0 Å². The molecule has 2 nitrogen and oxygen atoms in total. The Morgan fingerprint density at radius 3 is 2.61 bits per heavy atom. The van der Waals surface area contributed by atoms with E-state index in [9.17, 15) is 10.2 Å². The number of fused-ring (bicyclic) bond motifs is 5. The smallest absolute Gasteiger partial charge is 0.0657 e. The maximum atomic E-state index is 10.4. The first-order chi connectivity index (χ1) is 10.8. The molecule has 0 aromatic carbocycles. The molecule has 4 aliphatic rings. The minimum absolute atomic E-state index is 0.152. The fourth-order valence-electron chi connectivity index (χ4n) is 7.30. The molecule has 0 saturated heterocycles. The zero-order valence-electron chi connectivity index (χ0n) is 15.1. The lowest BCUT2D eigenvalue weighted by Gasteiger charge is -2.54. The Bertz CT molecular complexity index is 506. The van der Waals surface area contributed by atoms with Crippen molar-refractivity contribution >= 4 is 0 Å². The van der Waals surface area contributed by atoms with Gasteiger partial charge in [-0.25, -0.2) is 0 Å². The molecule has 23 heavy (non-hydrogen) atoms. The van der Waals surface area contributed by atoms with Crippen LogP contribution in [0.25, 0.3) is 0 Å². The SMILES string of the molecule is CC(O)[C@H]1CC[C@H]2[C@@H]3CC=C4C[C@@](C)(O)CC[C@@H]4[C@H]3CC[C@]12C. The third-order valence-electron chi connectivity index (χ3n) is 8.37. The van der Waals surface area contributed by atoms with Crippen LogP contribution in [0.5, 0.6) is 0 Å². The summed E-state index contributed by atoms with van der Waals surface area (Å²) in [6.45, 7) is 6.49. The summed E-state index contributed by atoms with van der Waals surface area (Å²) in [5.41, 5.74) is 1.46. The number of allylic oxidation sites excluding steroid dienone is 1. The van der Waals surface area contributed by atoms with Crippen LogP contribution in [-0.2, 0) is 0 Å². The molecule has 1 unspecified atom stereocenters. The highest BCUT2D eigenvalue weighted by molar-refractivity contribution is 5.21. The largest absolute Gasteiger partial charge is 0.393 e. The summed E-state index contributed by atoms with van der Waals surface area (Å²) in [6, 6.07) is 0. The topological polar surface area (TPSA) is 40.5 Å². The lowest BCUT2D eigenvalue weighted by molar-refractivity contribution is -0.0527. The molecule has 0 aromatic heterocycles.